The first kappa shape index (κ1) is 15.8. The van der Waals surface area contributed by atoms with E-state index in [0.29, 0.717) is 18.7 Å². The van der Waals surface area contributed by atoms with Gasteiger partial charge in [0.05, 0.1) is 16.9 Å². The Kier molecular flexibility index (Phi) is 5.57. The average molecular weight is 363 g/mol. The van der Waals surface area contributed by atoms with E-state index in [9.17, 15) is 4.79 Å². The number of halogens is 1. The minimum atomic E-state index is -0.0981. The summed E-state index contributed by atoms with van der Waals surface area (Å²) in [6.45, 7) is 2.77. The summed E-state index contributed by atoms with van der Waals surface area (Å²) in [6.07, 6.45) is 0. The lowest BCUT2D eigenvalue weighted by molar-refractivity contribution is 0.0951. The predicted octanol–water partition coefficient (Wildman–Crippen LogP) is 3.06. The standard InChI is InChI=1S/C16H15BrN2OS/c1-11-7-12(3-2-6-18)9-13(8-11)16(20)19-10-14-4-5-15(17)21-14/h4-5,7-9H,6,10,18H2,1H3,(H,19,20). The molecule has 0 unspecified atom stereocenters. The number of benzene rings is 1. The van der Waals surface area contributed by atoms with Gasteiger partial charge in [-0.1, -0.05) is 11.8 Å². The maximum atomic E-state index is 12.2. The van der Waals surface area contributed by atoms with Crippen molar-refractivity contribution >= 4 is 33.2 Å². The largest absolute Gasteiger partial charge is 0.347 e. The molecule has 1 aromatic carbocycles. The molecule has 0 saturated heterocycles. The number of amides is 1. The first-order valence-corrected chi connectivity index (χ1v) is 8.02. The van der Waals surface area contributed by atoms with Crippen LogP contribution >= 0.6 is 27.3 Å². The molecule has 108 valence electrons. The fourth-order valence-corrected chi connectivity index (χ4v) is 3.28. The molecule has 0 fully saturated rings. The van der Waals surface area contributed by atoms with Crippen LogP contribution in [-0.2, 0) is 6.54 Å². The molecule has 3 N–H and O–H groups in total. The van der Waals surface area contributed by atoms with Crippen LogP contribution in [0.3, 0.4) is 0 Å². The van der Waals surface area contributed by atoms with Gasteiger partial charge in [0.25, 0.3) is 5.91 Å². The van der Waals surface area contributed by atoms with Gasteiger partial charge >= 0.3 is 0 Å². The summed E-state index contributed by atoms with van der Waals surface area (Å²) < 4.78 is 1.06. The average Bonchev–Trinajstić information content (AvgIpc) is 2.87. The zero-order valence-corrected chi connectivity index (χ0v) is 14.0. The molecule has 0 saturated carbocycles. The van der Waals surface area contributed by atoms with E-state index in [1.807, 2.05) is 31.2 Å². The van der Waals surface area contributed by atoms with Gasteiger partial charge in [0, 0.05) is 16.0 Å². The van der Waals surface area contributed by atoms with Gasteiger partial charge in [0.15, 0.2) is 0 Å². The molecule has 0 aliphatic heterocycles. The van der Waals surface area contributed by atoms with Crippen LogP contribution in [0.5, 0.6) is 0 Å². The van der Waals surface area contributed by atoms with Crippen molar-refractivity contribution in [3.05, 3.63) is 55.7 Å². The molecule has 1 aromatic heterocycles. The highest BCUT2D eigenvalue weighted by Crippen LogP contribution is 2.21. The van der Waals surface area contributed by atoms with Crippen LogP contribution in [0.1, 0.15) is 26.4 Å². The second-order valence-corrected chi connectivity index (χ2v) is 7.03. The van der Waals surface area contributed by atoms with Gasteiger partial charge in [-0.25, -0.2) is 0 Å². The number of thiophene rings is 1. The summed E-state index contributed by atoms with van der Waals surface area (Å²) >= 11 is 5.02. The van der Waals surface area contributed by atoms with Crippen LogP contribution in [0.2, 0.25) is 0 Å². The SMILES string of the molecule is Cc1cc(C#CCN)cc(C(=O)NCc2ccc(Br)s2)c1. The lowest BCUT2D eigenvalue weighted by atomic mass is 10.1. The van der Waals surface area contributed by atoms with E-state index in [4.69, 9.17) is 5.73 Å². The number of nitrogens with two attached hydrogens (primary N) is 1. The third-order valence-corrected chi connectivity index (χ3v) is 4.35. The predicted molar refractivity (Wildman–Crippen MR) is 90.3 cm³/mol. The summed E-state index contributed by atoms with van der Waals surface area (Å²) in [6, 6.07) is 9.54. The lowest BCUT2D eigenvalue weighted by Gasteiger charge is -2.05. The Balaban J connectivity index is 2.09. The summed E-state index contributed by atoms with van der Waals surface area (Å²) in [4.78, 5) is 13.3. The Morgan fingerprint density at radius 3 is 2.86 bits per heavy atom. The number of aryl methyl sites for hydroxylation is 1. The molecule has 1 heterocycles. The van der Waals surface area contributed by atoms with Gasteiger partial charge < -0.3 is 11.1 Å². The van der Waals surface area contributed by atoms with Crippen molar-refractivity contribution in [2.24, 2.45) is 5.73 Å². The summed E-state index contributed by atoms with van der Waals surface area (Å²) in [5.74, 6) is 5.66. The third kappa shape index (κ3) is 4.71. The van der Waals surface area contributed by atoms with Crippen LogP contribution in [0.15, 0.2) is 34.1 Å². The van der Waals surface area contributed by atoms with Crippen LogP contribution in [0.4, 0.5) is 0 Å². The van der Waals surface area contributed by atoms with Crippen LogP contribution < -0.4 is 11.1 Å². The zero-order valence-electron chi connectivity index (χ0n) is 11.6. The molecule has 21 heavy (non-hydrogen) atoms. The molecule has 0 bridgehead atoms. The number of carbonyl (C=O) groups excluding carboxylic acids is 1. The monoisotopic (exact) mass is 362 g/mol. The highest BCUT2D eigenvalue weighted by Gasteiger charge is 2.07. The first-order chi connectivity index (χ1) is 10.1. The van der Waals surface area contributed by atoms with E-state index in [2.05, 4.69) is 33.1 Å². The molecule has 0 aliphatic carbocycles. The number of carbonyl (C=O) groups is 1. The molecule has 1 amide bonds. The summed E-state index contributed by atoms with van der Waals surface area (Å²) in [7, 11) is 0. The normalized spacial score (nSPS) is 9.86. The Bertz CT molecular complexity index is 713. The van der Waals surface area contributed by atoms with Crippen molar-refractivity contribution in [1.29, 1.82) is 0 Å². The van der Waals surface area contributed by atoms with Gasteiger partial charge in [0.2, 0.25) is 0 Å². The van der Waals surface area contributed by atoms with Crippen LogP contribution in [0.25, 0.3) is 0 Å². The van der Waals surface area contributed by atoms with Crippen molar-refractivity contribution in [3.63, 3.8) is 0 Å². The van der Waals surface area contributed by atoms with Crippen molar-refractivity contribution in [1.82, 2.24) is 5.32 Å². The lowest BCUT2D eigenvalue weighted by Crippen LogP contribution is -2.22. The number of rotatable bonds is 3. The van der Waals surface area contributed by atoms with Crippen molar-refractivity contribution in [2.75, 3.05) is 6.54 Å². The fourth-order valence-electron chi connectivity index (χ4n) is 1.86. The van der Waals surface area contributed by atoms with Crippen molar-refractivity contribution < 1.29 is 4.79 Å². The Hall–Kier alpha value is -1.61. The van der Waals surface area contributed by atoms with E-state index >= 15 is 0 Å². The maximum absolute atomic E-state index is 12.2. The number of hydrogen-bond donors (Lipinski definition) is 2. The first-order valence-electron chi connectivity index (χ1n) is 6.41. The van der Waals surface area contributed by atoms with Gasteiger partial charge in [0.1, 0.15) is 0 Å². The minimum absolute atomic E-state index is 0.0981. The number of nitrogens with one attached hydrogen (secondary N) is 1. The van der Waals surface area contributed by atoms with E-state index in [0.717, 1.165) is 19.8 Å². The van der Waals surface area contributed by atoms with Gasteiger partial charge in [-0.05, 0) is 58.7 Å². The highest BCUT2D eigenvalue weighted by atomic mass is 79.9. The van der Waals surface area contributed by atoms with Gasteiger partial charge in [-0.15, -0.1) is 11.3 Å². The molecule has 0 radical (unpaired) electrons. The van der Waals surface area contributed by atoms with E-state index in [1.165, 1.54) is 0 Å². The highest BCUT2D eigenvalue weighted by molar-refractivity contribution is 9.11. The summed E-state index contributed by atoms with van der Waals surface area (Å²) in [5, 5.41) is 2.92. The molecular weight excluding hydrogens is 348 g/mol. The Morgan fingerprint density at radius 2 is 2.19 bits per heavy atom. The quantitative estimate of drug-likeness (QED) is 0.824. The molecule has 3 nitrogen and oxygen atoms in total. The van der Waals surface area contributed by atoms with Gasteiger partial charge in [-0.2, -0.15) is 0 Å². The minimum Gasteiger partial charge on any atom is -0.347 e. The molecule has 0 spiro atoms. The summed E-state index contributed by atoms with van der Waals surface area (Å²) in [5.41, 5.74) is 7.80. The smallest absolute Gasteiger partial charge is 0.251 e. The van der Waals surface area contributed by atoms with E-state index < -0.39 is 0 Å². The second-order valence-electron chi connectivity index (χ2n) is 4.48. The zero-order chi connectivity index (χ0) is 15.2. The Labute approximate surface area is 136 Å². The maximum Gasteiger partial charge on any atom is 0.251 e. The Morgan fingerprint density at radius 1 is 1.38 bits per heavy atom. The van der Waals surface area contributed by atoms with Crippen molar-refractivity contribution in [2.45, 2.75) is 13.5 Å². The molecule has 2 rings (SSSR count). The van der Waals surface area contributed by atoms with Crippen molar-refractivity contribution in [3.8, 4) is 11.8 Å². The molecular formula is C16H15BrN2OS. The number of hydrogen-bond acceptors (Lipinski definition) is 3. The van der Waals surface area contributed by atoms with Gasteiger partial charge in [-0.3, -0.25) is 4.79 Å². The fraction of sp³-hybridized carbons (Fsp3) is 0.188. The third-order valence-electron chi connectivity index (χ3n) is 2.73. The van der Waals surface area contributed by atoms with E-state index in [1.54, 1.807) is 17.4 Å². The van der Waals surface area contributed by atoms with Crippen LogP contribution in [-0.4, -0.2) is 12.5 Å². The molecule has 2 aromatic rings. The van der Waals surface area contributed by atoms with Crippen LogP contribution in [0, 0.1) is 18.8 Å². The second kappa shape index (κ2) is 7.41. The molecule has 0 atom stereocenters. The van der Waals surface area contributed by atoms with E-state index in [-0.39, 0.29) is 5.91 Å². The topological polar surface area (TPSA) is 55.1 Å². The molecule has 5 heteroatoms. The molecule has 0 aliphatic rings.